The van der Waals surface area contributed by atoms with Crippen molar-refractivity contribution in [2.45, 2.75) is 6.42 Å². The molecular weight excluding hydrogens is 246 g/mol. The first-order valence-electron chi connectivity index (χ1n) is 5.91. The lowest BCUT2D eigenvalue weighted by molar-refractivity contribution is -0.118. The Morgan fingerprint density at radius 3 is 2.95 bits per heavy atom. The lowest BCUT2D eigenvalue weighted by Crippen LogP contribution is -2.25. The zero-order valence-electron chi connectivity index (χ0n) is 10.4. The molecule has 2 heterocycles. The molecule has 6 heteroatoms. The van der Waals surface area contributed by atoms with E-state index >= 15 is 0 Å². The van der Waals surface area contributed by atoms with Crippen LogP contribution in [0.2, 0.25) is 0 Å². The van der Waals surface area contributed by atoms with Crippen LogP contribution in [0.25, 0.3) is 11.3 Å². The molecule has 1 aromatic carbocycles. The predicted octanol–water partition coefficient (Wildman–Crippen LogP) is 1.67. The third-order valence-electron chi connectivity index (χ3n) is 3.09. The van der Waals surface area contributed by atoms with Gasteiger partial charge in [0, 0.05) is 18.7 Å². The lowest BCUT2D eigenvalue weighted by atomic mass is 10.1. The summed E-state index contributed by atoms with van der Waals surface area (Å²) in [7, 11) is 1.73. The number of nitrogens with zero attached hydrogens (tertiary/aromatic N) is 2. The summed E-state index contributed by atoms with van der Waals surface area (Å²) in [4.78, 5) is 13.4. The second kappa shape index (κ2) is 4.31. The van der Waals surface area contributed by atoms with E-state index in [1.807, 2.05) is 18.2 Å². The number of amides is 1. The van der Waals surface area contributed by atoms with E-state index in [9.17, 15) is 4.79 Å². The molecule has 98 valence electrons. The van der Waals surface area contributed by atoms with Crippen LogP contribution < -0.4 is 15.4 Å². The van der Waals surface area contributed by atoms with Crippen molar-refractivity contribution >= 4 is 17.5 Å². The topological polar surface area (TPSA) is 81.6 Å². The van der Waals surface area contributed by atoms with Crippen molar-refractivity contribution in [1.82, 2.24) is 5.16 Å². The van der Waals surface area contributed by atoms with Crippen LogP contribution in [-0.4, -0.2) is 24.7 Å². The van der Waals surface area contributed by atoms with E-state index in [2.05, 4.69) is 5.16 Å². The minimum absolute atomic E-state index is 0.0237. The Morgan fingerprint density at radius 1 is 1.37 bits per heavy atom. The summed E-state index contributed by atoms with van der Waals surface area (Å²) >= 11 is 0. The fraction of sp³-hybridized carbons (Fsp3) is 0.231. The molecule has 19 heavy (non-hydrogen) atoms. The number of ether oxygens (including phenoxy) is 1. The molecule has 0 atom stereocenters. The monoisotopic (exact) mass is 259 g/mol. The summed E-state index contributed by atoms with van der Waals surface area (Å²) in [5.41, 5.74) is 7.69. The van der Waals surface area contributed by atoms with Crippen LogP contribution in [0.4, 0.5) is 11.6 Å². The minimum Gasteiger partial charge on any atom is -0.491 e. The molecule has 1 aliphatic rings. The van der Waals surface area contributed by atoms with Crippen LogP contribution >= 0.6 is 0 Å². The highest BCUT2D eigenvalue weighted by Crippen LogP contribution is 2.34. The summed E-state index contributed by atoms with van der Waals surface area (Å²) in [6.45, 7) is 0.395. The van der Waals surface area contributed by atoms with Crippen molar-refractivity contribution in [3.8, 4) is 17.0 Å². The van der Waals surface area contributed by atoms with Gasteiger partial charge in [0.2, 0.25) is 11.8 Å². The van der Waals surface area contributed by atoms with Gasteiger partial charge in [0.15, 0.2) is 0 Å². The predicted molar refractivity (Wildman–Crippen MR) is 69.9 cm³/mol. The average Bonchev–Trinajstić information content (AvgIpc) is 2.79. The van der Waals surface area contributed by atoms with Gasteiger partial charge in [0.1, 0.15) is 11.4 Å². The Morgan fingerprint density at radius 2 is 2.21 bits per heavy atom. The summed E-state index contributed by atoms with van der Waals surface area (Å²) in [5, 5.41) is 3.86. The van der Waals surface area contributed by atoms with Gasteiger partial charge in [-0.05, 0) is 18.2 Å². The minimum atomic E-state index is 0.0237. The highest BCUT2D eigenvalue weighted by molar-refractivity contribution is 5.95. The van der Waals surface area contributed by atoms with Gasteiger partial charge in [0.05, 0.1) is 18.7 Å². The molecule has 0 spiro atoms. The van der Waals surface area contributed by atoms with Crippen LogP contribution in [0.15, 0.2) is 28.8 Å². The van der Waals surface area contributed by atoms with E-state index in [-0.39, 0.29) is 11.8 Å². The van der Waals surface area contributed by atoms with Crippen LogP contribution in [0.5, 0.6) is 5.75 Å². The number of fused-ring (bicyclic) bond motifs is 1. The molecule has 6 nitrogen and oxygen atoms in total. The number of benzene rings is 1. The van der Waals surface area contributed by atoms with Gasteiger partial charge in [-0.15, -0.1) is 0 Å². The summed E-state index contributed by atoms with van der Waals surface area (Å²) < 4.78 is 10.4. The third-order valence-corrected chi connectivity index (χ3v) is 3.09. The molecule has 0 aliphatic carbocycles. The van der Waals surface area contributed by atoms with Gasteiger partial charge in [-0.25, -0.2) is 0 Å². The molecule has 0 saturated carbocycles. The maximum absolute atomic E-state index is 11.8. The van der Waals surface area contributed by atoms with E-state index in [0.717, 1.165) is 11.3 Å². The molecule has 1 aromatic heterocycles. The summed E-state index contributed by atoms with van der Waals surface area (Å²) in [5.74, 6) is 0.967. The maximum Gasteiger partial charge on any atom is 0.230 e. The quantitative estimate of drug-likeness (QED) is 0.842. The lowest BCUT2D eigenvalue weighted by Gasteiger charge is -2.16. The largest absolute Gasteiger partial charge is 0.491 e. The van der Waals surface area contributed by atoms with Crippen LogP contribution in [-0.2, 0) is 4.79 Å². The molecule has 2 aromatic rings. The van der Waals surface area contributed by atoms with E-state index in [4.69, 9.17) is 15.0 Å². The Hall–Kier alpha value is -2.50. The standard InChI is InChI=1S/C13H13N3O3/c1-16-10-6-8(9-7-12(14)19-15-9)2-3-11(10)18-5-4-13(16)17/h2-3,6-7H,4-5,14H2,1H3. The smallest absolute Gasteiger partial charge is 0.230 e. The van der Waals surface area contributed by atoms with E-state index in [1.165, 1.54) is 0 Å². The van der Waals surface area contributed by atoms with Crippen molar-refractivity contribution < 1.29 is 14.1 Å². The van der Waals surface area contributed by atoms with Gasteiger partial charge in [0.25, 0.3) is 0 Å². The second-order valence-corrected chi connectivity index (χ2v) is 4.35. The number of carbonyl (C=O) groups is 1. The molecule has 1 amide bonds. The first-order chi connectivity index (χ1) is 9.15. The van der Waals surface area contributed by atoms with Gasteiger partial charge < -0.3 is 19.9 Å². The van der Waals surface area contributed by atoms with Gasteiger partial charge in [-0.2, -0.15) is 0 Å². The first-order valence-corrected chi connectivity index (χ1v) is 5.91. The van der Waals surface area contributed by atoms with Gasteiger partial charge >= 0.3 is 0 Å². The fourth-order valence-corrected chi connectivity index (χ4v) is 2.04. The summed E-state index contributed by atoms with van der Waals surface area (Å²) in [6.07, 6.45) is 0.372. The van der Waals surface area contributed by atoms with Crippen molar-refractivity contribution in [3.63, 3.8) is 0 Å². The van der Waals surface area contributed by atoms with Crippen molar-refractivity contribution in [1.29, 1.82) is 0 Å². The molecule has 2 N–H and O–H groups in total. The Kier molecular flexibility index (Phi) is 2.63. The number of carbonyl (C=O) groups excluding carboxylic acids is 1. The van der Waals surface area contributed by atoms with E-state index in [0.29, 0.717) is 24.5 Å². The number of nitrogen functional groups attached to an aromatic ring is 1. The Labute approximate surface area is 109 Å². The van der Waals surface area contributed by atoms with Gasteiger partial charge in [-0.3, -0.25) is 4.79 Å². The van der Waals surface area contributed by atoms with E-state index in [1.54, 1.807) is 18.0 Å². The highest BCUT2D eigenvalue weighted by atomic mass is 16.5. The van der Waals surface area contributed by atoms with Crippen LogP contribution in [0, 0.1) is 0 Å². The second-order valence-electron chi connectivity index (χ2n) is 4.35. The molecule has 1 aliphatic heterocycles. The number of nitrogens with two attached hydrogens (primary N) is 1. The van der Waals surface area contributed by atoms with Crippen molar-refractivity contribution in [2.24, 2.45) is 0 Å². The average molecular weight is 259 g/mol. The van der Waals surface area contributed by atoms with Crippen molar-refractivity contribution in [3.05, 3.63) is 24.3 Å². The molecule has 0 unspecified atom stereocenters. The zero-order chi connectivity index (χ0) is 13.4. The van der Waals surface area contributed by atoms with Gasteiger partial charge in [-0.1, -0.05) is 5.16 Å². The van der Waals surface area contributed by atoms with E-state index < -0.39 is 0 Å². The first kappa shape index (κ1) is 11.6. The molecule has 3 rings (SSSR count). The molecular formula is C13H13N3O3. The van der Waals surface area contributed by atoms with Crippen LogP contribution in [0.1, 0.15) is 6.42 Å². The Bertz CT molecular complexity index is 636. The van der Waals surface area contributed by atoms with Crippen LogP contribution in [0.3, 0.4) is 0 Å². The number of hydrogen-bond donors (Lipinski definition) is 1. The number of hydrogen-bond acceptors (Lipinski definition) is 5. The van der Waals surface area contributed by atoms with Crippen molar-refractivity contribution in [2.75, 3.05) is 24.3 Å². The third kappa shape index (κ3) is 2.01. The highest BCUT2D eigenvalue weighted by Gasteiger charge is 2.20. The zero-order valence-corrected chi connectivity index (χ0v) is 10.4. The normalized spacial score (nSPS) is 14.8. The summed E-state index contributed by atoms with van der Waals surface area (Å²) in [6, 6.07) is 7.17. The fourth-order valence-electron chi connectivity index (χ4n) is 2.04. The number of rotatable bonds is 1. The molecule has 0 radical (unpaired) electrons. The molecule has 0 bridgehead atoms. The maximum atomic E-state index is 11.8. The SMILES string of the molecule is CN1C(=O)CCOc2ccc(-c3cc(N)on3)cc21. The number of anilines is 2. The number of aromatic nitrogens is 1. The molecule has 0 fully saturated rings. The Balaban J connectivity index is 2.07. The molecule has 0 saturated heterocycles.